The Hall–Kier alpha value is -1.26. The van der Waals surface area contributed by atoms with Crippen LogP contribution in [0.15, 0.2) is 0 Å². The predicted octanol–water partition coefficient (Wildman–Crippen LogP) is 2.46. The first-order valence-electron chi connectivity index (χ1n) is 7.80. The topological polar surface area (TPSA) is 69.6 Å². The van der Waals surface area contributed by atoms with Crippen LogP contribution in [0.2, 0.25) is 0 Å². The molecule has 2 fully saturated rings. The lowest BCUT2D eigenvalue weighted by Gasteiger charge is -2.29. The number of hydrogen-bond acceptors (Lipinski definition) is 2. The summed E-state index contributed by atoms with van der Waals surface area (Å²) >= 11 is 0. The van der Waals surface area contributed by atoms with Gasteiger partial charge in [0, 0.05) is 19.1 Å². The lowest BCUT2D eigenvalue weighted by atomic mass is 9.82. The largest absolute Gasteiger partial charge is 0.481 e. The van der Waals surface area contributed by atoms with Crippen LogP contribution in [0.4, 0.5) is 4.79 Å². The van der Waals surface area contributed by atoms with Crippen LogP contribution in [0.5, 0.6) is 0 Å². The van der Waals surface area contributed by atoms with Crippen molar-refractivity contribution in [2.24, 2.45) is 11.3 Å². The molecule has 0 unspecified atom stereocenters. The van der Waals surface area contributed by atoms with Gasteiger partial charge in [-0.1, -0.05) is 13.8 Å². The second-order valence-corrected chi connectivity index (χ2v) is 6.28. The molecule has 0 aromatic carbocycles. The molecule has 2 saturated carbocycles. The Labute approximate surface area is 120 Å². The molecule has 0 aliphatic heterocycles. The fourth-order valence-electron chi connectivity index (χ4n) is 2.59. The second-order valence-electron chi connectivity index (χ2n) is 6.28. The highest BCUT2D eigenvalue weighted by molar-refractivity contribution is 5.78. The van der Waals surface area contributed by atoms with Crippen LogP contribution in [0.25, 0.3) is 0 Å². The first kappa shape index (κ1) is 15.1. The maximum atomic E-state index is 12.3. The van der Waals surface area contributed by atoms with E-state index in [0.717, 1.165) is 19.4 Å². The molecule has 0 spiro atoms. The van der Waals surface area contributed by atoms with Crippen molar-refractivity contribution in [1.82, 2.24) is 10.2 Å². The SMILES string of the molecule is CCC(CC)(CNC(=O)N(CC1CC1)C1CC1)C(=O)O. The number of rotatable bonds is 8. The summed E-state index contributed by atoms with van der Waals surface area (Å²) in [7, 11) is 0. The van der Waals surface area contributed by atoms with E-state index in [4.69, 9.17) is 0 Å². The molecule has 0 aromatic rings. The van der Waals surface area contributed by atoms with Crippen LogP contribution >= 0.6 is 0 Å². The Kier molecular flexibility index (Phi) is 4.55. The van der Waals surface area contributed by atoms with Crippen LogP contribution in [-0.4, -0.2) is 41.1 Å². The highest BCUT2D eigenvalue weighted by Gasteiger charge is 2.39. The Morgan fingerprint density at radius 3 is 2.20 bits per heavy atom. The van der Waals surface area contributed by atoms with Crippen molar-refractivity contribution in [3.05, 3.63) is 0 Å². The Bertz CT molecular complexity index is 371. The normalized spacial score (nSPS) is 18.7. The minimum Gasteiger partial charge on any atom is -0.481 e. The molecule has 114 valence electrons. The molecule has 0 aromatic heterocycles. The van der Waals surface area contributed by atoms with Crippen LogP contribution in [0.1, 0.15) is 52.4 Å². The first-order valence-corrected chi connectivity index (χ1v) is 7.80. The summed E-state index contributed by atoms with van der Waals surface area (Å²) in [6.07, 6.45) is 5.69. The highest BCUT2D eigenvalue weighted by atomic mass is 16.4. The van der Waals surface area contributed by atoms with E-state index in [2.05, 4.69) is 5.32 Å². The van der Waals surface area contributed by atoms with E-state index in [1.807, 2.05) is 18.7 Å². The van der Waals surface area contributed by atoms with Gasteiger partial charge in [-0.15, -0.1) is 0 Å². The summed E-state index contributed by atoms with van der Waals surface area (Å²) in [5, 5.41) is 12.3. The first-order chi connectivity index (χ1) is 9.52. The number of amides is 2. The summed E-state index contributed by atoms with van der Waals surface area (Å²) in [4.78, 5) is 25.7. The molecule has 0 bridgehead atoms. The molecule has 0 heterocycles. The number of nitrogens with zero attached hydrogens (tertiary/aromatic N) is 1. The third-order valence-electron chi connectivity index (χ3n) is 4.79. The van der Waals surface area contributed by atoms with Crippen molar-refractivity contribution >= 4 is 12.0 Å². The molecule has 2 rings (SSSR count). The lowest BCUT2D eigenvalue weighted by Crippen LogP contribution is -2.48. The van der Waals surface area contributed by atoms with Crippen LogP contribution in [0, 0.1) is 11.3 Å². The van der Waals surface area contributed by atoms with Gasteiger partial charge in [-0.2, -0.15) is 0 Å². The van der Waals surface area contributed by atoms with Gasteiger partial charge in [-0.05, 0) is 44.4 Å². The molecule has 5 nitrogen and oxygen atoms in total. The fourth-order valence-corrected chi connectivity index (χ4v) is 2.59. The van der Waals surface area contributed by atoms with Gasteiger partial charge in [0.15, 0.2) is 0 Å². The zero-order valence-electron chi connectivity index (χ0n) is 12.5. The summed E-state index contributed by atoms with van der Waals surface area (Å²) in [6.45, 7) is 4.80. The quantitative estimate of drug-likeness (QED) is 0.718. The molecular weight excluding hydrogens is 256 g/mol. The van der Waals surface area contributed by atoms with E-state index in [-0.39, 0.29) is 12.6 Å². The van der Waals surface area contributed by atoms with E-state index in [0.29, 0.717) is 24.8 Å². The van der Waals surface area contributed by atoms with Gasteiger partial charge in [-0.3, -0.25) is 4.79 Å². The Balaban J connectivity index is 1.89. The van der Waals surface area contributed by atoms with Gasteiger partial charge in [0.05, 0.1) is 5.41 Å². The standard InChI is InChI=1S/C15H26N2O3/c1-3-15(4-2,13(18)19)10-16-14(20)17(12-7-8-12)9-11-5-6-11/h11-12H,3-10H2,1-2H3,(H,16,20)(H,18,19). The summed E-state index contributed by atoms with van der Waals surface area (Å²) in [5.74, 6) is -0.147. The van der Waals surface area contributed by atoms with Gasteiger partial charge in [0.1, 0.15) is 0 Å². The van der Waals surface area contributed by atoms with Crippen LogP contribution in [0.3, 0.4) is 0 Å². The Morgan fingerprint density at radius 1 is 1.20 bits per heavy atom. The maximum absolute atomic E-state index is 12.3. The molecule has 2 aliphatic carbocycles. The van der Waals surface area contributed by atoms with Gasteiger partial charge >= 0.3 is 12.0 Å². The predicted molar refractivity (Wildman–Crippen MR) is 76.5 cm³/mol. The van der Waals surface area contributed by atoms with Crippen LogP contribution < -0.4 is 5.32 Å². The van der Waals surface area contributed by atoms with Crippen molar-refractivity contribution in [2.45, 2.75) is 58.4 Å². The minimum atomic E-state index is -0.829. The number of hydrogen-bond donors (Lipinski definition) is 2. The number of urea groups is 1. The van der Waals surface area contributed by atoms with Gasteiger partial charge < -0.3 is 15.3 Å². The second kappa shape index (κ2) is 6.02. The van der Waals surface area contributed by atoms with E-state index < -0.39 is 11.4 Å². The van der Waals surface area contributed by atoms with E-state index in [1.165, 1.54) is 12.8 Å². The zero-order chi connectivity index (χ0) is 14.8. The lowest BCUT2D eigenvalue weighted by molar-refractivity contribution is -0.149. The molecular formula is C15H26N2O3. The summed E-state index contributed by atoms with van der Waals surface area (Å²) in [5.41, 5.74) is -0.829. The molecule has 0 radical (unpaired) electrons. The number of aliphatic carboxylic acids is 1. The number of carboxylic acid groups (broad SMARTS) is 1. The van der Waals surface area contributed by atoms with Crippen molar-refractivity contribution in [1.29, 1.82) is 0 Å². The van der Waals surface area contributed by atoms with Crippen LogP contribution in [-0.2, 0) is 4.79 Å². The maximum Gasteiger partial charge on any atom is 0.317 e. The van der Waals surface area contributed by atoms with Crippen molar-refractivity contribution in [2.75, 3.05) is 13.1 Å². The molecule has 5 heteroatoms. The van der Waals surface area contributed by atoms with Crippen molar-refractivity contribution in [3.63, 3.8) is 0 Å². The fraction of sp³-hybridized carbons (Fsp3) is 0.867. The van der Waals surface area contributed by atoms with E-state index >= 15 is 0 Å². The van der Waals surface area contributed by atoms with E-state index in [1.54, 1.807) is 0 Å². The third kappa shape index (κ3) is 3.44. The van der Waals surface area contributed by atoms with Gasteiger partial charge in [0.25, 0.3) is 0 Å². The average molecular weight is 282 g/mol. The smallest absolute Gasteiger partial charge is 0.317 e. The molecule has 2 aliphatic rings. The number of carbonyl (C=O) groups excluding carboxylic acids is 1. The third-order valence-corrected chi connectivity index (χ3v) is 4.79. The van der Waals surface area contributed by atoms with Gasteiger partial charge in [0.2, 0.25) is 0 Å². The number of carboxylic acids is 1. The highest BCUT2D eigenvalue weighted by Crippen LogP contribution is 2.35. The van der Waals surface area contributed by atoms with Crippen molar-refractivity contribution in [3.8, 4) is 0 Å². The number of nitrogens with one attached hydrogen (secondary N) is 1. The molecule has 2 N–H and O–H groups in total. The molecule has 0 atom stereocenters. The molecule has 2 amide bonds. The average Bonchev–Trinajstić information content (AvgIpc) is 3.29. The zero-order valence-corrected chi connectivity index (χ0v) is 12.5. The molecule has 20 heavy (non-hydrogen) atoms. The molecule has 0 saturated heterocycles. The Morgan fingerprint density at radius 2 is 1.80 bits per heavy atom. The van der Waals surface area contributed by atoms with E-state index in [9.17, 15) is 14.7 Å². The summed E-state index contributed by atoms with van der Waals surface area (Å²) in [6, 6.07) is 0.310. The monoisotopic (exact) mass is 282 g/mol. The number of carbonyl (C=O) groups is 2. The minimum absolute atomic E-state index is 0.0769. The summed E-state index contributed by atoms with van der Waals surface area (Å²) < 4.78 is 0. The van der Waals surface area contributed by atoms with Gasteiger partial charge in [-0.25, -0.2) is 4.79 Å². The van der Waals surface area contributed by atoms with Crippen molar-refractivity contribution < 1.29 is 14.7 Å².